The minimum atomic E-state index is -0.161. The lowest BCUT2D eigenvalue weighted by atomic mass is 10.1. The number of rotatable bonds is 2. The van der Waals surface area contributed by atoms with Gasteiger partial charge >= 0.3 is 5.69 Å². The summed E-state index contributed by atoms with van der Waals surface area (Å²) in [7, 11) is 1.79. The number of hydrogen-bond donors (Lipinski definition) is 0. The van der Waals surface area contributed by atoms with Gasteiger partial charge < -0.3 is 0 Å². The van der Waals surface area contributed by atoms with Crippen molar-refractivity contribution in [3.05, 3.63) is 51.3 Å². The van der Waals surface area contributed by atoms with Gasteiger partial charge in [0.25, 0.3) is 0 Å². The second kappa shape index (κ2) is 5.03. The van der Waals surface area contributed by atoms with Crippen molar-refractivity contribution in [2.24, 2.45) is 7.05 Å². The maximum atomic E-state index is 12.6. The van der Waals surface area contributed by atoms with Crippen molar-refractivity contribution < 1.29 is 0 Å². The van der Waals surface area contributed by atoms with E-state index in [1.807, 2.05) is 30.3 Å². The first-order valence-electron chi connectivity index (χ1n) is 7.55. The lowest BCUT2D eigenvalue weighted by Gasteiger charge is -2.02. The average Bonchev–Trinajstić information content (AvgIpc) is 3.14. The molecule has 0 saturated heterocycles. The summed E-state index contributed by atoms with van der Waals surface area (Å²) in [5, 5.41) is 5.50. The Morgan fingerprint density at radius 2 is 1.96 bits per heavy atom. The van der Waals surface area contributed by atoms with E-state index in [1.165, 1.54) is 15.0 Å². The number of hydrogen-bond acceptors (Lipinski definition) is 4. The standard InChI is InChI=1S/C17H16N4OS/c1-4-12-10(2)23-16-13(12)15-18-14(11-8-6-5-7-9-11)19-21(15)17(22)20(16)3/h5-9H,4H2,1-3H3. The van der Waals surface area contributed by atoms with Gasteiger partial charge in [-0.25, -0.2) is 9.78 Å². The Kier molecular flexibility index (Phi) is 3.09. The third kappa shape index (κ3) is 1.95. The molecule has 6 heteroatoms. The van der Waals surface area contributed by atoms with Crippen LogP contribution in [0.25, 0.3) is 27.3 Å². The number of aryl methyl sites for hydroxylation is 3. The zero-order chi connectivity index (χ0) is 16.1. The van der Waals surface area contributed by atoms with Crippen LogP contribution < -0.4 is 5.69 Å². The van der Waals surface area contributed by atoms with Gasteiger partial charge in [-0.05, 0) is 18.9 Å². The Morgan fingerprint density at radius 1 is 1.22 bits per heavy atom. The number of benzene rings is 1. The molecule has 0 bridgehead atoms. The largest absolute Gasteiger partial charge is 0.351 e. The summed E-state index contributed by atoms with van der Waals surface area (Å²) in [4.78, 5) is 19.5. The minimum Gasteiger partial charge on any atom is -0.286 e. The second-order valence-electron chi connectivity index (χ2n) is 5.55. The van der Waals surface area contributed by atoms with Crippen LogP contribution in [0.2, 0.25) is 0 Å². The molecule has 0 saturated carbocycles. The molecule has 23 heavy (non-hydrogen) atoms. The quantitative estimate of drug-likeness (QED) is 0.569. The SMILES string of the molecule is CCc1c(C)sc2c1c1nc(-c3ccccc3)nn1c(=O)n2C. The number of nitrogens with zero attached hydrogens (tertiary/aromatic N) is 4. The van der Waals surface area contributed by atoms with E-state index in [0.717, 1.165) is 22.2 Å². The molecule has 0 N–H and O–H groups in total. The van der Waals surface area contributed by atoms with E-state index < -0.39 is 0 Å². The van der Waals surface area contributed by atoms with Crippen LogP contribution in [0, 0.1) is 6.92 Å². The van der Waals surface area contributed by atoms with Gasteiger partial charge in [0.2, 0.25) is 0 Å². The van der Waals surface area contributed by atoms with Gasteiger partial charge in [-0.3, -0.25) is 4.57 Å². The first kappa shape index (κ1) is 14.1. The van der Waals surface area contributed by atoms with Crippen LogP contribution in [-0.4, -0.2) is 19.2 Å². The van der Waals surface area contributed by atoms with E-state index in [9.17, 15) is 4.79 Å². The molecule has 4 aromatic rings. The van der Waals surface area contributed by atoms with Crippen LogP contribution in [0.5, 0.6) is 0 Å². The molecule has 3 heterocycles. The monoisotopic (exact) mass is 324 g/mol. The third-order valence-electron chi connectivity index (χ3n) is 4.18. The molecule has 0 spiro atoms. The maximum Gasteiger partial charge on any atom is 0.351 e. The molecule has 4 rings (SSSR count). The predicted molar refractivity (Wildman–Crippen MR) is 93.2 cm³/mol. The third-order valence-corrected chi connectivity index (χ3v) is 5.40. The van der Waals surface area contributed by atoms with Crippen molar-refractivity contribution in [2.45, 2.75) is 20.3 Å². The fourth-order valence-electron chi connectivity index (χ4n) is 3.00. The van der Waals surface area contributed by atoms with Crippen molar-refractivity contribution in [1.82, 2.24) is 19.2 Å². The Bertz CT molecular complexity index is 1090. The van der Waals surface area contributed by atoms with E-state index in [0.29, 0.717) is 11.5 Å². The number of thiophene rings is 1. The van der Waals surface area contributed by atoms with Gasteiger partial charge in [0.15, 0.2) is 11.5 Å². The summed E-state index contributed by atoms with van der Waals surface area (Å²) in [6.45, 7) is 4.23. The molecule has 0 atom stereocenters. The predicted octanol–water partition coefficient (Wildman–Crippen LogP) is 3.18. The minimum absolute atomic E-state index is 0.161. The molecule has 1 aromatic carbocycles. The molecular weight excluding hydrogens is 308 g/mol. The Balaban J connectivity index is 2.17. The Morgan fingerprint density at radius 3 is 2.65 bits per heavy atom. The zero-order valence-electron chi connectivity index (χ0n) is 13.2. The topological polar surface area (TPSA) is 52.2 Å². The van der Waals surface area contributed by atoms with Gasteiger partial charge in [0, 0.05) is 17.5 Å². The molecule has 0 amide bonds. The summed E-state index contributed by atoms with van der Waals surface area (Å²) < 4.78 is 3.10. The fraction of sp³-hybridized carbons (Fsp3) is 0.235. The molecular formula is C17H16N4OS. The van der Waals surface area contributed by atoms with Gasteiger partial charge in [-0.15, -0.1) is 16.4 Å². The van der Waals surface area contributed by atoms with Gasteiger partial charge in [0.05, 0.1) is 5.39 Å². The molecule has 0 unspecified atom stereocenters. The smallest absolute Gasteiger partial charge is 0.286 e. The van der Waals surface area contributed by atoms with Gasteiger partial charge in [-0.2, -0.15) is 4.52 Å². The molecule has 5 nitrogen and oxygen atoms in total. The second-order valence-corrected chi connectivity index (χ2v) is 6.75. The maximum absolute atomic E-state index is 12.6. The van der Waals surface area contributed by atoms with Crippen LogP contribution >= 0.6 is 11.3 Å². The van der Waals surface area contributed by atoms with E-state index in [1.54, 1.807) is 23.0 Å². The molecule has 0 aliphatic rings. The summed E-state index contributed by atoms with van der Waals surface area (Å²) in [5.41, 5.74) is 2.66. The van der Waals surface area contributed by atoms with Crippen LogP contribution in [0.15, 0.2) is 35.1 Å². The lowest BCUT2D eigenvalue weighted by molar-refractivity contribution is 0.777. The van der Waals surface area contributed by atoms with Gasteiger partial charge in [0.1, 0.15) is 4.83 Å². The summed E-state index contributed by atoms with van der Waals surface area (Å²) in [5.74, 6) is 0.584. The first-order valence-corrected chi connectivity index (χ1v) is 8.36. The van der Waals surface area contributed by atoms with E-state index >= 15 is 0 Å². The number of fused-ring (bicyclic) bond motifs is 3. The van der Waals surface area contributed by atoms with Crippen molar-refractivity contribution in [1.29, 1.82) is 0 Å². The lowest BCUT2D eigenvalue weighted by Crippen LogP contribution is -2.25. The van der Waals surface area contributed by atoms with Crippen molar-refractivity contribution in [3.8, 4) is 11.4 Å². The summed E-state index contributed by atoms with van der Waals surface area (Å²) in [6.07, 6.45) is 0.910. The van der Waals surface area contributed by atoms with Crippen LogP contribution in [0.3, 0.4) is 0 Å². The normalized spacial score (nSPS) is 11.6. The molecule has 0 radical (unpaired) electrons. The fourth-order valence-corrected chi connectivity index (χ4v) is 4.19. The summed E-state index contributed by atoms with van der Waals surface area (Å²) in [6, 6.07) is 9.75. The average molecular weight is 324 g/mol. The highest BCUT2D eigenvalue weighted by Gasteiger charge is 2.19. The molecule has 0 aliphatic heterocycles. The van der Waals surface area contributed by atoms with Crippen molar-refractivity contribution in [3.63, 3.8) is 0 Å². The molecule has 0 fully saturated rings. The van der Waals surface area contributed by atoms with Gasteiger partial charge in [-0.1, -0.05) is 37.3 Å². The molecule has 116 valence electrons. The first-order chi connectivity index (χ1) is 11.1. The number of aromatic nitrogens is 4. The molecule has 0 aliphatic carbocycles. The van der Waals surface area contributed by atoms with E-state index in [4.69, 9.17) is 0 Å². The summed E-state index contributed by atoms with van der Waals surface area (Å²) >= 11 is 1.65. The molecule has 3 aromatic heterocycles. The highest BCUT2D eigenvalue weighted by Crippen LogP contribution is 2.32. The van der Waals surface area contributed by atoms with Crippen molar-refractivity contribution >= 4 is 27.2 Å². The van der Waals surface area contributed by atoms with E-state index in [2.05, 4.69) is 23.9 Å². The Labute approximate surface area is 136 Å². The van der Waals surface area contributed by atoms with Crippen LogP contribution in [-0.2, 0) is 13.5 Å². The van der Waals surface area contributed by atoms with Crippen molar-refractivity contribution in [2.75, 3.05) is 0 Å². The van der Waals surface area contributed by atoms with Crippen LogP contribution in [0.4, 0.5) is 0 Å². The Hall–Kier alpha value is -2.47. The zero-order valence-corrected chi connectivity index (χ0v) is 14.0. The highest BCUT2D eigenvalue weighted by atomic mass is 32.1. The highest BCUT2D eigenvalue weighted by molar-refractivity contribution is 7.19. The van der Waals surface area contributed by atoms with E-state index in [-0.39, 0.29) is 5.69 Å². The van der Waals surface area contributed by atoms with Crippen LogP contribution in [0.1, 0.15) is 17.4 Å².